The second-order valence-corrected chi connectivity index (χ2v) is 21.9. The van der Waals surface area contributed by atoms with Crippen molar-refractivity contribution >= 4 is 70.2 Å². The standard InChI is InChI=1S/C56H67N13O15S/c1-26(29-8-4-2-5-9-29)40-50(80)62-33(19-28-14-17-37-32(18-28)65-56(84-37)85-25-27-12-15-31(16-13-27)30-10-6-3-7-11-30)49(79)67-41(43(73)34-20-60-54(57)64-34)52(82)68-42(51(81)63-35(23-70)48(78)59-22-39(72)66-40)44(74)36-21-61-55(58)69(36)53-47(77)46(76)45(75)38(24-71)83-53/h2-18,26,33-36,38,40-47,53,70-71,73-77H,19-25H2,1H3,(H2,58,61)(H,59,78)(H,62,80)(H,63,81)(H,66,72)(H,67,79)(H,68,82)(H3,57,60,64)/t26?,33-,34?,35+,36?,38-,40+,41+,42-,43?,44?,45-,46+,47+,53+/m1/s1. The number of carbonyl (C=O) groups excluding carboxylic acids is 6. The van der Waals surface area contributed by atoms with Crippen LogP contribution in [0.4, 0.5) is 0 Å². The Kier molecular flexibility index (Phi) is 19.6. The molecule has 29 heteroatoms. The van der Waals surface area contributed by atoms with Gasteiger partial charge in [0.2, 0.25) is 35.4 Å². The quantitative estimate of drug-likeness (QED) is 0.0439. The lowest BCUT2D eigenvalue weighted by molar-refractivity contribution is -0.260. The zero-order valence-corrected chi connectivity index (χ0v) is 46.5. The van der Waals surface area contributed by atoms with Gasteiger partial charge in [-0.1, -0.05) is 110 Å². The van der Waals surface area contributed by atoms with Crippen LogP contribution in [0.5, 0.6) is 0 Å². The number of aliphatic imine (C=N–C) groups is 2. The number of hydrogen-bond acceptors (Lipinski definition) is 23. The first-order valence-electron chi connectivity index (χ1n) is 27.2. The number of fused-ring (bicyclic) bond motifs is 1. The number of benzene rings is 4. The summed E-state index contributed by atoms with van der Waals surface area (Å²) in [4.78, 5) is 101. The van der Waals surface area contributed by atoms with E-state index in [0.29, 0.717) is 33.2 Å². The van der Waals surface area contributed by atoms with E-state index >= 15 is 9.59 Å². The van der Waals surface area contributed by atoms with Crippen molar-refractivity contribution in [2.75, 3.05) is 32.8 Å². The number of hydrogen-bond donors (Lipinski definition) is 16. The van der Waals surface area contributed by atoms with Crippen LogP contribution in [-0.4, -0.2) is 211 Å². The fourth-order valence-electron chi connectivity index (χ4n) is 10.4. The molecule has 28 nitrogen and oxygen atoms in total. The molecule has 5 aromatic rings. The molecule has 2 saturated heterocycles. The highest BCUT2D eigenvalue weighted by Crippen LogP contribution is 2.31. The van der Waals surface area contributed by atoms with Gasteiger partial charge in [0.05, 0.1) is 44.9 Å². The molecule has 0 saturated carbocycles. The van der Waals surface area contributed by atoms with Gasteiger partial charge in [-0.3, -0.25) is 38.8 Å². The summed E-state index contributed by atoms with van der Waals surface area (Å²) in [6.07, 6.45) is -13.5. The van der Waals surface area contributed by atoms with Crippen LogP contribution in [0, 0.1) is 0 Å². The molecule has 0 aliphatic carbocycles. The number of nitrogens with zero attached hydrogens (tertiary/aromatic N) is 4. The van der Waals surface area contributed by atoms with Gasteiger partial charge in [-0.2, -0.15) is 0 Å². The predicted octanol–water partition coefficient (Wildman–Crippen LogP) is -4.51. The van der Waals surface area contributed by atoms with Crippen LogP contribution in [0.25, 0.3) is 22.2 Å². The normalized spacial score (nSPS) is 28.4. The molecule has 4 aliphatic heterocycles. The van der Waals surface area contributed by atoms with E-state index in [2.05, 4.69) is 47.2 Å². The topological polar surface area (TPSA) is 443 Å². The second kappa shape index (κ2) is 27.2. The summed E-state index contributed by atoms with van der Waals surface area (Å²) in [5, 5.41) is 95.0. The molecule has 0 bridgehead atoms. The van der Waals surface area contributed by atoms with E-state index in [4.69, 9.17) is 25.6 Å². The SMILES string of the molecule is CC(c1ccccc1)[C@@H]1NC(=O)CNC(=O)[C@H](CO)NC(=O)[C@@H](C(O)C2CN=C(N)N2[C@H]2O[C@H](CO)[C@@H](O)[C@H](O)[C@@H]2O)NC(=O)[C@H](C(O)C2CN=C(N)N2)NC(=O)[C@@H](Cc2ccc3oc(SCc4ccc(-c5ccccc5)cc4)nc3c2)NC1=O. The molecule has 4 aliphatic rings. The Morgan fingerprint density at radius 2 is 1.29 bits per heavy atom. The zero-order chi connectivity index (χ0) is 60.6. The van der Waals surface area contributed by atoms with E-state index in [1.54, 1.807) is 55.5 Å². The van der Waals surface area contributed by atoms with Gasteiger partial charge in [0, 0.05) is 18.1 Å². The van der Waals surface area contributed by atoms with Crippen molar-refractivity contribution in [2.45, 2.75) is 115 Å². The van der Waals surface area contributed by atoms with Crippen molar-refractivity contribution < 1.29 is 73.7 Å². The lowest BCUT2D eigenvalue weighted by atomic mass is 9.92. The number of nitrogens with one attached hydrogen (secondary N) is 7. The summed E-state index contributed by atoms with van der Waals surface area (Å²) >= 11 is 1.35. The third kappa shape index (κ3) is 14.1. The van der Waals surface area contributed by atoms with Gasteiger partial charge in [0.1, 0.15) is 72.3 Å². The number of aromatic nitrogens is 1. The Labute approximate surface area is 489 Å². The summed E-state index contributed by atoms with van der Waals surface area (Å²) in [5.74, 6) is -7.66. The minimum absolute atomic E-state index is 0.142. The van der Waals surface area contributed by atoms with Crippen LogP contribution in [0.1, 0.15) is 29.5 Å². The van der Waals surface area contributed by atoms with Gasteiger partial charge >= 0.3 is 0 Å². The molecule has 5 heterocycles. The van der Waals surface area contributed by atoms with Gasteiger partial charge in [0.25, 0.3) is 5.22 Å². The fraction of sp³-hybridized carbons (Fsp3) is 0.411. The molecule has 2 fully saturated rings. The van der Waals surface area contributed by atoms with Crippen LogP contribution in [-0.2, 0) is 45.7 Å². The monoisotopic (exact) mass is 1190 g/mol. The van der Waals surface area contributed by atoms with E-state index in [1.807, 2.05) is 54.6 Å². The lowest BCUT2D eigenvalue weighted by Gasteiger charge is -2.46. The first-order chi connectivity index (χ1) is 40.8. The molecule has 5 unspecified atom stereocenters. The number of aliphatic hydroxyl groups excluding tert-OH is 7. The highest BCUT2D eigenvalue weighted by atomic mass is 32.2. The number of ether oxygens (including phenoxy) is 1. The van der Waals surface area contributed by atoms with E-state index in [1.165, 1.54) is 11.8 Å². The number of guanidine groups is 2. The Bertz CT molecular complexity index is 3270. The maximum absolute atomic E-state index is 15.1. The number of thioether (sulfide) groups is 1. The zero-order valence-electron chi connectivity index (χ0n) is 45.7. The number of amides is 6. The number of carbonyl (C=O) groups is 6. The van der Waals surface area contributed by atoms with Crippen molar-refractivity contribution in [3.8, 4) is 11.1 Å². The number of oxazole rings is 1. The lowest BCUT2D eigenvalue weighted by Crippen LogP contribution is -2.70. The summed E-state index contributed by atoms with van der Waals surface area (Å²) in [6.45, 7) is -1.90. The molecular formula is C56H67N13O15S. The first-order valence-corrected chi connectivity index (χ1v) is 28.2. The van der Waals surface area contributed by atoms with E-state index < -0.39 is 159 Å². The fourth-order valence-corrected chi connectivity index (χ4v) is 11.2. The van der Waals surface area contributed by atoms with Gasteiger partial charge in [-0.25, -0.2) is 4.98 Å². The van der Waals surface area contributed by atoms with E-state index in [0.717, 1.165) is 21.6 Å². The van der Waals surface area contributed by atoms with Gasteiger partial charge in [-0.05, 0) is 39.9 Å². The Morgan fingerprint density at radius 3 is 1.98 bits per heavy atom. The third-order valence-electron chi connectivity index (χ3n) is 15.2. The maximum Gasteiger partial charge on any atom is 0.257 e. The minimum atomic E-state index is -2.27. The molecule has 1 aromatic heterocycles. The largest absolute Gasteiger partial charge is 0.431 e. The van der Waals surface area contributed by atoms with Gasteiger partial charge in [-0.15, -0.1) is 0 Å². The number of rotatable bonds is 15. The van der Waals surface area contributed by atoms with Gasteiger partial charge < -0.3 is 98.5 Å². The van der Waals surface area contributed by atoms with E-state index in [-0.39, 0.29) is 18.9 Å². The highest BCUT2D eigenvalue weighted by molar-refractivity contribution is 7.98. The number of nitrogens with two attached hydrogens (primary N) is 2. The molecule has 6 amide bonds. The van der Waals surface area contributed by atoms with Crippen LogP contribution >= 0.6 is 11.8 Å². The average Bonchev–Trinajstić information content (AvgIpc) is 2.67. The highest BCUT2D eigenvalue weighted by Gasteiger charge is 2.52. The van der Waals surface area contributed by atoms with Crippen molar-refractivity contribution in [3.63, 3.8) is 0 Å². The Morgan fingerprint density at radius 1 is 0.659 bits per heavy atom. The average molecular weight is 1190 g/mol. The minimum Gasteiger partial charge on any atom is -0.431 e. The van der Waals surface area contributed by atoms with E-state index in [9.17, 15) is 54.9 Å². The summed E-state index contributed by atoms with van der Waals surface area (Å²) < 4.78 is 11.8. The maximum atomic E-state index is 15.1. The molecule has 0 spiro atoms. The molecule has 18 N–H and O–H groups in total. The molecule has 4 aromatic carbocycles. The van der Waals surface area contributed by atoms with Crippen molar-refractivity contribution in [2.24, 2.45) is 21.5 Å². The summed E-state index contributed by atoms with van der Waals surface area (Å²) in [5.41, 5.74) is 17.1. The first kappa shape index (κ1) is 61.3. The van der Waals surface area contributed by atoms with Crippen LogP contribution in [0.2, 0.25) is 0 Å². The Hall–Kier alpha value is -8.26. The van der Waals surface area contributed by atoms with Crippen molar-refractivity contribution in [1.82, 2.24) is 47.1 Å². The Balaban J connectivity index is 1.05. The molecular weight excluding hydrogens is 1130 g/mol. The van der Waals surface area contributed by atoms with Crippen molar-refractivity contribution in [1.29, 1.82) is 0 Å². The number of aliphatic hydroxyl groups is 7. The third-order valence-corrected chi connectivity index (χ3v) is 16.1. The summed E-state index contributed by atoms with van der Waals surface area (Å²) in [6, 6.07) is 19.3. The molecule has 0 radical (unpaired) electrons. The second-order valence-electron chi connectivity index (χ2n) is 20.9. The molecule has 452 valence electrons. The molecule has 9 rings (SSSR count). The smallest absolute Gasteiger partial charge is 0.257 e. The van der Waals surface area contributed by atoms with Crippen LogP contribution < -0.4 is 48.7 Å². The molecule has 15 atom stereocenters. The van der Waals surface area contributed by atoms with Crippen LogP contribution in [0.15, 0.2) is 123 Å². The van der Waals surface area contributed by atoms with Crippen LogP contribution in [0.3, 0.4) is 0 Å². The summed E-state index contributed by atoms with van der Waals surface area (Å²) in [7, 11) is 0. The molecule has 85 heavy (non-hydrogen) atoms. The van der Waals surface area contributed by atoms with Crippen molar-refractivity contribution in [3.05, 3.63) is 120 Å². The predicted molar refractivity (Wildman–Crippen MR) is 305 cm³/mol. The van der Waals surface area contributed by atoms with Gasteiger partial charge in [0.15, 0.2) is 23.7 Å².